The number of nitrogens with zero attached hydrogens (tertiary/aromatic N) is 4. The fourth-order valence-corrected chi connectivity index (χ4v) is 11.1. The van der Waals surface area contributed by atoms with Crippen LogP contribution in [-0.4, -0.2) is 19.5 Å². The van der Waals surface area contributed by atoms with Crippen LogP contribution >= 0.6 is 0 Å². The smallest absolute Gasteiger partial charge is 0.164 e. The summed E-state index contributed by atoms with van der Waals surface area (Å²) in [5, 5.41) is 2.35. The molecule has 0 aliphatic rings. The minimum absolute atomic E-state index is 0.571. The summed E-state index contributed by atoms with van der Waals surface area (Å²) in [6.45, 7) is 0. The number of hydrogen-bond donors (Lipinski definition) is 0. The molecule has 4 heteroatoms. The van der Waals surface area contributed by atoms with E-state index >= 15 is 0 Å². The van der Waals surface area contributed by atoms with Crippen LogP contribution in [0.15, 0.2) is 303 Å². The Morgan fingerprint density at radius 2 is 0.456 bits per heavy atom. The van der Waals surface area contributed by atoms with E-state index < -0.39 is 0 Å². The van der Waals surface area contributed by atoms with Crippen LogP contribution in [0.1, 0.15) is 0 Å². The minimum atomic E-state index is 0.571. The van der Waals surface area contributed by atoms with E-state index in [1.165, 1.54) is 33.0 Å². The molecule has 0 amide bonds. The molecule has 370 valence electrons. The first kappa shape index (κ1) is 46.9. The van der Waals surface area contributed by atoms with Crippen molar-refractivity contribution >= 4 is 21.8 Å². The largest absolute Gasteiger partial charge is 0.308 e. The van der Waals surface area contributed by atoms with Gasteiger partial charge in [-0.25, -0.2) is 15.0 Å². The lowest BCUT2D eigenvalue weighted by molar-refractivity contribution is 1.07. The van der Waals surface area contributed by atoms with Crippen LogP contribution in [0.25, 0.3) is 140 Å². The molecule has 0 unspecified atom stereocenters. The van der Waals surface area contributed by atoms with Crippen LogP contribution in [0, 0.1) is 0 Å². The molecule has 14 rings (SSSR count). The van der Waals surface area contributed by atoms with Gasteiger partial charge in [0.15, 0.2) is 17.5 Å². The van der Waals surface area contributed by atoms with Crippen molar-refractivity contribution in [3.8, 4) is 118 Å². The quantitative estimate of drug-likeness (QED) is 0.130. The molecular formula is C75H50N4. The van der Waals surface area contributed by atoms with Crippen molar-refractivity contribution in [1.82, 2.24) is 19.5 Å². The Kier molecular flexibility index (Phi) is 12.2. The van der Waals surface area contributed by atoms with Crippen molar-refractivity contribution in [1.29, 1.82) is 0 Å². The number of fused-ring (bicyclic) bond motifs is 3. The van der Waals surface area contributed by atoms with Crippen molar-refractivity contribution in [3.05, 3.63) is 303 Å². The molecule has 0 aliphatic heterocycles. The van der Waals surface area contributed by atoms with Crippen LogP contribution < -0.4 is 0 Å². The van der Waals surface area contributed by atoms with Crippen LogP contribution in [0.4, 0.5) is 0 Å². The van der Waals surface area contributed by atoms with Crippen molar-refractivity contribution < 1.29 is 0 Å². The van der Waals surface area contributed by atoms with E-state index in [-0.39, 0.29) is 0 Å². The monoisotopic (exact) mass is 1010 g/mol. The van der Waals surface area contributed by atoms with E-state index in [2.05, 4.69) is 302 Å². The molecule has 2 aromatic heterocycles. The Labute approximate surface area is 460 Å². The summed E-state index contributed by atoms with van der Waals surface area (Å²) in [5.41, 5.74) is 21.5. The van der Waals surface area contributed by atoms with Gasteiger partial charge >= 0.3 is 0 Å². The molecule has 0 fully saturated rings. The zero-order chi connectivity index (χ0) is 52.5. The van der Waals surface area contributed by atoms with Crippen LogP contribution in [0.2, 0.25) is 0 Å². The lowest BCUT2D eigenvalue weighted by atomic mass is 9.92. The maximum atomic E-state index is 5.54. The van der Waals surface area contributed by atoms with Gasteiger partial charge in [-0.2, -0.15) is 0 Å². The van der Waals surface area contributed by atoms with Crippen molar-refractivity contribution in [3.63, 3.8) is 0 Å². The van der Waals surface area contributed by atoms with Gasteiger partial charge < -0.3 is 4.57 Å². The second-order valence-corrected chi connectivity index (χ2v) is 20.0. The van der Waals surface area contributed by atoms with Gasteiger partial charge in [0, 0.05) is 38.6 Å². The number of aromatic nitrogens is 4. The summed E-state index contributed by atoms with van der Waals surface area (Å²) in [4.78, 5) is 16.4. The van der Waals surface area contributed by atoms with E-state index in [0.717, 1.165) is 89.0 Å². The van der Waals surface area contributed by atoms with Gasteiger partial charge in [-0.15, -0.1) is 0 Å². The molecule has 0 atom stereocenters. The van der Waals surface area contributed by atoms with Crippen molar-refractivity contribution in [2.45, 2.75) is 0 Å². The van der Waals surface area contributed by atoms with E-state index in [1.54, 1.807) is 0 Å². The van der Waals surface area contributed by atoms with Crippen LogP contribution in [0.5, 0.6) is 0 Å². The number of benzene rings is 12. The van der Waals surface area contributed by atoms with E-state index in [9.17, 15) is 0 Å². The third kappa shape index (κ3) is 9.18. The summed E-state index contributed by atoms with van der Waals surface area (Å²) in [5.74, 6) is 1.74. The van der Waals surface area contributed by atoms with Gasteiger partial charge in [0.25, 0.3) is 0 Å². The average Bonchev–Trinajstić information content (AvgIpc) is 4.14. The molecule has 14 aromatic rings. The van der Waals surface area contributed by atoms with Crippen molar-refractivity contribution in [2.75, 3.05) is 0 Å². The highest BCUT2D eigenvalue weighted by Crippen LogP contribution is 2.45. The van der Waals surface area contributed by atoms with Gasteiger partial charge in [0.1, 0.15) is 0 Å². The van der Waals surface area contributed by atoms with Crippen molar-refractivity contribution in [2.24, 2.45) is 0 Å². The fraction of sp³-hybridized carbons (Fsp3) is 0. The normalized spacial score (nSPS) is 11.3. The highest BCUT2D eigenvalue weighted by atomic mass is 15.0. The van der Waals surface area contributed by atoms with E-state index in [1.807, 2.05) is 6.07 Å². The highest BCUT2D eigenvalue weighted by molar-refractivity contribution is 6.13. The number of hydrogen-bond acceptors (Lipinski definition) is 3. The third-order valence-corrected chi connectivity index (χ3v) is 15.0. The average molecular weight is 1010 g/mol. The highest BCUT2D eigenvalue weighted by Gasteiger charge is 2.24. The molecule has 0 saturated heterocycles. The first-order valence-corrected chi connectivity index (χ1v) is 26.8. The van der Waals surface area contributed by atoms with Gasteiger partial charge in [0.2, 0.25) is 0 Å². The topological polar surface area (TPSA) is 43.6 Å². The Bertz CT molecular complexity index is 4250. The molecule has 12 aromatic carbocycles. The summed E-state index contributed by atoms with van der Waals surface area (Å²) < 4.78 is 2.49. The fourth-order valence-electron chi connectivity index (χ4n) is 11.1. The summed E-state index contributed by atoms with van der Waals surface area (Å²) >= 11 is 0. The molecule has 0 bridgehead atoms. The first-order valence-electron chi connectivity index (χ1n) is 26.8. The SMILES string of the molecule is c1ccc(-c2ccc(-c3nc(-c4cc(-c5ccccc5)cc(-c5ccccc5)c4)nc(-c4cc(-c5ccccc5)c(-n5c6ccc(-c7ccccc7)cc6c6cc(-c7ccccc7)ccc65)c(-c5ccccc5)c4)n3)cc2)cc1. The Morgan fingerprint density at radius 1 is 0.190 bits per heavy atom. The maximum Gasteiger partial charge on any atom is 0.164 e. The molecule has 4 nitrogen and oxygen atoms in total. The van der Waals surface area contributed by atoms with Gasteiger partial charge in [-0.05, 0) is 121 Å². The molecule has 0 spiro atoms. The Hall–Kier alpha value is -10.6. The lowest BCUT2D eigenvalue weighted by Gasteiger charge is -2.21. The predicted molar refractivity (Wildman–Crippen MR) is 329 cm³/mol. The summed E-state index contributed by atoms with van der Waals surface area (Å²) in [7, 11) is 0. The van der Waals surface area contributed by atoms with Crippen LogP contribution in [0.3, 0.4) is 0 Å². The summed E-state index contributed by atoms with van der Waals surface area (Å²) in [6.07, 6.45) is 0. The van der Waals surface area contributed by atoms with Gasteiger partial charge in [0.05, 0.1) is 16.7 Å². The predicted octanol–water partition coefficient (Wildman–Crippen LogP) is 19.6. The molecule has 0 aliphatic carbocycles. The standard InChI is InChI=1S/C75H50N4/c1-8-22-51(23-9-1)56-36-38-59(39-37-56)73-76-74(64-45-62(54-28-14-4-15-29-54)44-63(46-64)55-30-16-5-17-31-55)78-75(77-73)65-49-66(57-32-18-6-19-33-57)72(67(50-65)58-34-20-7-21-35-58)79-70-42-40-60(52-24-10-2-11-25-52)47-68(70)69-48-61(41-43-71(69)79)53-26-12-3-13-27-53/h1-50H. The molecule has 0 N–H and O–H groups in total. The zero-order valence-electron chi connectivity index (χ0n) is 43.2. The first-order chi connectivity index (χ1) is 39.1. The second-order valence-electron chi connectivity index (χ2n) is 20.0. The lowest BCUT2D eigenvalue weighted by Crippen LogP contribution is -2.04. The zero-order valence-corrected chi connectivity index (χ0v) is 43.2. The molecule has 79 heavy (non-hydrogen) atoms. The molecule has 2 heterocycles. The third-order valence-electron chi connectivity index (χ3n) is 15.0. The second kappa shape index (κ2) is 20.5. The van der Waals surface area contributed by atoms with E-state index in [0.29, 0.717) is 17.5 Å². The molecule has 0 radical (unpaired) electrons. The Balaban J connectivity index is 1.04. The van der Waals surface area contributed by atoms with Crippen LogP contribution in [-0.2, 0) is 0 Å². The minimum Gasteiger partial charge on any atom is -0.308 e. The maximum absolute atomic E-state index is 5.54. The molecular weight excluding hydrogens is 957 g/mol. The Morgan fingerprint density at radius 3 is 0.835 bits per heavy atom. The molecule has 0 saturated carbocycles. The van der Waals surface area contributed by atoms with Gasteiger partial charge in [-0.3, -0.25) is 0 Å². The van der Waals surface area contributed by atoms with Gasteiger partial charge in [-0.1, -0.05) is 249 Å². The number of rotatable bonds is 11. The van der Waals surface area contributed by atoms with E-state index in [4.69, 9.17) is 15.0 Å². The summed E-state index contributed by atoms with van der Waals surface area (Å²) in [6, 6.07) is 108.